The number of benzene rings is 1. The third-order valence-electron chi connectivity index (χ3n) is 3.43. The maximum absolute atomic E-state index is 12.1. The van der Waals surface area contributed by atoms with Gasteiger partial charge in [0.05, 0.1) is 19.8 Å². The summed E-state index contributed by atoms with van der Waals surface area (Å²) in [5, 5.41) is 6.36. The first-order valence-corrected chi connectivity index (χ1v) is 8.68. The molecular formula is C18H29F3IN3O3. The van der Waals surface area contributed by atoms with Crippen LogP contribution in [0, 0.1) is 0 Å². The molecule has 28 heavy (non-hydrogen) atoms. The first-order valence-electron chi connectivity index (χ1n) is 8.68. The number of halogens is 4. The van der Waals surface area contributed by atoms with Gasteiger partial charge in [0.1, 0.15) is 6.61 Å². The summed E-state index contributed by atoms with van der Waals surface area (Å²) in [6.07, 6.45) is -3.46. The second-order valence-corrected chi connectivity index (χ2v) is 5.74. The van der Waals surface area contributed by atoms with E-state index in [0.717, 1.165) is 18.5 Å². The maximum Gasteiger partial charge on any atom is 0.411 e. The molecule has 1 aromatic rings. The van der Waals surface area contributed by atoms with Gasteiger partial charge in [-0.2, -0.15) is 13.2 Å². The van der Waals surface area contributed by atoms with Gasteiger partial charge in [-0.15, -0.1) is 24.0 Å². The molecule has 10 heteroatoms. The van der Waals surface area contributed by atoms with Gasteiger partial charge >= 0.3 is 6.18 Å². The van der Waals surface area contributed by atoms with Crippen molar-refractivity contribution in [3.8, 4) is 0 Å². The van der Waals surface area contributed by atoms with Gasteiger partial charge in [-0.3, -0.25) is 4.99 Å². The Morgan fingerprint density at radius 1 is 1.00 bits per heavy atom. The summed E-state index contributed by atoms with van der Waals surface area (Å²) in [5.41, 5.74) is 1.68. The third kappa shape index (κ3) is 14.0. The molecular weight excluding hydrogens is 490 g/mol. The molecule has 0 unspecified atom stereocenters. The quantitative estimate of drug-likeness (QED) is 0.193. The van der Waals surface area contributed by atoms with E-state index in [9.17, 15) is 13.2 Å². The van der Waals surface area contributed by atoms with Gasteiger partial charge in [-0.1, -0.05) is 24.3 Å². The van der Waals surface area contributed by atoms with Crippen molar-refractivity contribution in [3.63, 3.8) is 0 Å². The van der Waals surface area contributed by atoms with Crippen molar-refractivity contribution in [1.82, 2.24) is 10.6 Å². The van der Waals surface area contributed by atoms with E-state index in [1.807, 2.05) is 12.1 Å². The minimum absolute atomic E-state index is 0. The van der Waals surface area contributed by atoms with Crippen LogP contribution in [0.2, 0.25) is 0 Å². The lowest BCUT2D eigenvalue weighted by Gasteiger charge is -2.12. The van der Waals surface area contributed by atoms with Crippen molar-refractivity contribution in [2.24, 2.45) is 4.99 Å². The number of nitrogens with one attached hydrogen (secondary N) is 2. The van der Waals surface area contributed by atoms with E-state index in [2.05, 4.69) is 20.4 Å². The molecule has 0 aliphatic heterocycles. The predicted octanol–water partition coefficient (Wildman–Crippen LogP) is 3.10. The Morgan fingerprint density at radius 3 is 2.29 bits per heavy atom. The number of guanidine groups is 1. The molecule has 2 N–H and O–H groups in total. The summed E-state index contributed by atoms with van der Waals surface area (Å²) in [7, 11) is 3.32. The second-order valence-electron chi connectivity index (χ2n) is 5.74. The molecule has 0 fully saturated rings. The van der Waals surface area contributed by atoms with Gasteiger partial charge in [-0.05, 0) is 17.5 Å². The Labute approximate surface area is 181 Å². The Morgan fingerprint density at radius 2 is 1.68 bits per heavy atom. The summed E-state index contributed by atoms with van der Waals surface area (Å²) in [4.78, 5) is 4.14. The first-order chi connectivity index (χ1) is 12.9. The monoisotopic (exact) mass is 519 g/mol. The average Bonchev–Trinajstić information content (AvgIpc) is 2.63. The highest BCUT2D eigenvalue weighted by Crippen LogP contribution is 2.15. The number of rotatable bonds is 12. The zero-order chi connectivity index (χ0) is 20.0. The largest absolute Gasteiger partial charge is 0.411 e. The molecule has 6 nitrogen and oxygen atoms in total. The standard InChI is InChI=1S/C18H28F3N3O3.HI/c1-22-17(23-8-3-9-26-11-10-25-2)24-12-15-4-6-16(7-5-15)13-27-14-18(19,20)21;/h4-7H,3,8-14H2,1-2H3,(H2,22,23,24);1H. The molecule has 0 atom stereocenters. The van der Waals surface area contributed by atoms with Crippen LogP contribution < -0.4 is 10.6 Å². The zero-order valence-corrected chi connectivity index (χ0v) is 18.5. The van der Waals surface area contributed by atoms with Crippen LogP contribution in [0.5, 0.6) is 0 Å². The lowest BCUT2D eigenvalue weighted by Crippen LogP contribution is -2.37. The lowest BCUT2D eigenvalue weighted by molar-refractivity contribution is -0.176. The first kappa shape index (κ1) is 26.9. The third-order valence-corrected chi connectivity index (χ3v) is 3.43. The highest BCUT2D eigenvalue weighted by molar-refractivity contribution is 14.0. The molecule has 0 aliphatic rings. The second kappa shape index (κ2) is 15.8. The summed E-state index contributed by atoms with van der Waals surface area (Å²) < 4.78 is 51.1. The summed E-state index contributed by atoms with van der Waals surface area (Å²) in [6, 6.07) is 7.19. The Balaban J connectivity index is 0.00000729. The molecule has 0 heterocycles. The van der Waals surface area contributed by atoms with E-state index in [1.54, 1.807) is 26.3 Å². The number of nitrogens with zero attached hydrogens (tertiary/aromatic N) is 1. The SMILES string of the molecule is CN=C(NCCCOCCOC)NCc1ccc(COCC(F)(F)F)cc1.I. The number of methoxy groups -OCH3 is 1. The zero-order valence-electron chi connectivity index (χ0n) is 16.2. The van der Waals surface area contributed by atoms with Gasteiger partial charge in [0.2, 0.25) is 0 Å². The highest BCUT2D eigenvalue weighted by Gasteiger charge is 2.27. The molecule has 162 valence electrons. The number of ether oxygens (including phenoxy) is 3. The summed E-state index contributed by atoms with van der Waals surface area (Å²) >= 11 is 0. The minimum atomic E-state index is -4.30. The molecule has 0 aromatic heterocycles. The average molecular weight is 519 g/mol. The van der Waals surface area contributed by atoms with Gasteiger partial charge < -0.3 is 24.8 Å². The smallest absolute Gasteiger partial charge is 0.382 e. The minimum Gasteiger partial charge on any atom is -0.382 e. The van der Waals surface area contributed by atoms with Crippen LogP contribution in [0.1, 0.15) is 17.5 Å². The topological polar surface area (TPSA) is 64.1 Å². The molecule has 0 saturated heterocycles. The number of hydrogen-bond donors (Lipinski definition) is 2. The molecule has 0 aliphatic carbocycles. The fourth-order valence-electron chi connectivity index (χ4n) is 2.07. The Kier molecular flexibility index (Phi) is 15.1. The van der Waals surface area contributed by atoms with E-state index in [-0.39, 0.29) is 30.6 Å². The highest BCUT2D eigenvalue weighted by atomic mass is 127. The molecule has 0 amide bonds. The van der Waals surface area contributed by atoms with Crippen molar-refractivity contribution < 1.29 is 27.4 Å². The van der Waals surface area contributed by atoms with Crippen LogP contribution in [0.4, 0.5) is 13.2 Å². The molecule has 0 saturated carbocycles. The summed E-state index contributed by atoms with van der Waals surface area (Å²) in [6.45, 7) is 1.78. The van der Waals surface area contributed by atoms with Gasteiger partial charge in [0, 0.05) is 33.9 Å². The van der Waals surface area contributed by atoms with Crippen LogP contribution >= 0.6 is 24.0 Å². The van der Waals surface area contributed by atoms with E-state index in [1.165, 1.54) is 0 Å². The van der Waals surface area contributed by atoms with Crippen LogP contribution in [0.15, 0.2) is 29.3 Å². The molecule has 0 radical (unpaired) electrons. The number of aliphatic imine (C=N–C) groups is 1. The molecule has 1 rings (SSSR count). The normalized spacial score (nSPS) is 11.8. The molecule has 0 bridgehead atoms. The molecule has 1 aromatic carbocycles. The van der Waals surface area contributed by atoms with Crippen LogP contribution in [-0.4, -0.2) is 59.3 Å². The van der Waals surface area contributed by atoms with Crippen molar-refractivity contribution >= 4 is 29.9 Å². The van der Waals surface area contributed by atoms with Crippen LogP contribution in [-0.2, 0) is 27.4 Å². The fraction of sp³-hybridized carbons (Fsp3) is 0.611. The maximum atomic E-state index is 12.1. The Hall–Kier alpha value is -1.11. The number of alkyl halides is 3. The number of hydrogen-bond acceptors (Lipinski definition) is 4. The van der Waals surface area contributed by atoms with Gasteiger partial charge in [0.15, 0.2) is 5.96 Å². The van der Waals surface area contributed by atoms with Gasteiger partial charge in [0.25, 0.3) is 0 Å². The van der Waals surface area contributed by atoms with Crippen molar-refractivity contribution in [1.29, 1.82) is 0 Å². The fourth-order valence-corrected chi connectivity index (χ4v) is 2.07. The van der Waals surface area contributed by atoms with E-state index >= 15 is 0 Å². The van der Waals surface area contributed by atoms with Crippen LogP contribution in [0.3, 0.4) is 0 Å². The van der Waals surface area contributed by atoms with E-state index in [0.29, 0.717) is 37.9 Å². The molecule has 0 spiro atoms. The van der Waals surface area contributed by atoms with Crippen molar-refractivity contribution in [3.05, 3.63) is 35.4 Å². The van der Waals surface area contributed by atoms with E-state index in [4.69, 9.17) is 9.47 Å². The summed E-state index contributed by atoms with van der Waals surface area (Å²) in [5.74, 6) is 0.671. The lowest BCUT2D eigenvalue weighted by atomic mass is 10.1. The van der Waals surface area contributed by atoms with Crippen molar-refractivity contribution in [2.45, 2.75) is 25.7 Å². The van der Waals surface area contributed by atoms with E-state index < -0.39 is 12.8 Å². The predicted molar refractivity (Wildman–Crippen MR) is 113 cm³/mol. The van der Waals surface area contributed by atoms with Gasteiger partial charge in [-0.25, -0.2) is 0 Å². The van der Waals surface area contributed by atoms with Crippen LogP contribution in [0.25, 0.3) is 0 Å². The Bertz CT molecular complexity index is 543. The van der Waals surface area contributed by atoms with Crippen molar-refractivity contribution in [2.75, 3.05) is 47.1 Å².